The fraction of sp³-hybridized carbons (Fsp3) is 0.286. The SMILES string of the molecule is Cc1ccc(=O)n(CC(N)c2cccc(C(F)(F)F)c2)n1. The van der Waals surface area contributed by atoms with Crippen LogP contribution in [0.1, 0.15) is 22.9 Å². The van der Waals surface area contributed by atoms with Crippen molar-refractivity contribution >= 4 is 0 Å². The molecule has 0 saturated carbocycles. The van der Waals surface area contributed by atoms with Gasteiger partial charge in [0.05, 0.1) is 17.8 Å². The lowest BCUT2D eigenvalue weighted by molar-refractivity contribution is -0.137. The molecule has 1 aromatic carbocycles. The Morgan fingerprint density at radius 1 is 1.29 bits per heavy atom. The summed E-state index contributed by atoms with van der Waals surface area (Å²) in [7, 11) is 0. The number of hydrogen-bond donors (Lipinski definition) is 1. The van der Waals surface area contributed by atoms with Gasteiger partial charge in [0.15, 0.2) is 0 Å². The topological polar surface area (TPSA) is 60.9 Å². The van der Waals surface area contributed by atoms with Crippen LogP contribution in [0.3, 0.4) is 0 Å². The van der Waals surface area contributed by atoms with Crippen LogP contribution in [0.25, 0.3) is 0 Å². The highest BCUT2D eigenvalue weighted by molar-refractivity contribution is 5.27. The average molecular weight is 297 g/mol. The zero-order valence-corrected chi connectivity index (χ0v) is 11.3. The number of alkyl halides is 3. The van der Waals surface area contributed by atoms with Gasteiger partial charge in [0, 0.05) is 12.1 Å². The molecule has 1 unspecified atom stereocenters. The normalized spacial score (nSPS) is 13.2. The van der Waals surface area contributed by atoms with Gasteiger partial charge in [-0.2, -0.15) is 18.3 Å². The maximum Gasteiger partial charge on any atom is 0.416 e. The smallest absolute Gasteiger partial charge is 0.322 e. The van der Waals surface area contributed by atoms with Crippen LogP contribution in [-0.4, -0.2) is 9.78 Å². The van der Waals surface area contributed by atoms with E-state index in [0.717, 1.165) is 16.8 Å². The molecule has 21 heavy (non-hydrogen) atoms. The van der Waals surface area contributed by atoms with E-state index < -0.39 is 17.8 Å². The minimum Gasteiger partial charge on any atom is -0.322 e. The summed E-state index contributed by atoms with van der Waals surface area (Å²) in [5.74, 6) is 0. The Morgan fingerprint density at radius 3 is 2.67 bits per heavy atom. The van der Waals surface area contributed by atoms with Crippen LogP contribution < -0.4 is 11.3 Å². The van der Waals surface area contributed by atoms with Gasteiger partial charge < -0.3 is 5.73 Å². The van der Waals surface area contributed by atoms with Gasteiger partial charge in [-0.25, -0.2) is 4.68 Å². The third-order valence-corrected chi connectivity index (χ3v) is 3.01. The molecule has 0 fully saturated rings. The second-order valence-corrected chi connectivity index (χ2v) is 4.72. The predicted molar refractivity (Wildman–Crippen MR) is 71.6 cm³/mol. The lowest BCUT2D eigenvalue weighted by Gasteiger charge is -2.15. The number of nitrogens with zero attached hydrogens (tertiary/aromatic N) is 2. The first-order valence-electron chi connectivity index (χ1n) is 6.25. The van der Waals surface area contributed by atoms with Crippen LogP contribution in [0.4, 0.5) is 13.2 Å². The Balaban J connectivity index is 2.26. The Hall–Kier alpha value is -2.15. The molecule has 0 saturated heterocycles. The summed E-state index contributed by atoms with van der Waals surface area (Å²) in [5.41, 5.74) is 5.72. The molecule has 0 bridgehead atoms. The Labute approximate surface area is 119 Å². The summed E-state index contributed by atoms with van der Waals surface area (Å²) in [4.78, 5) is 11.6. The number of halogens is 3. The molecule has 0 amide bonds. The van der Waals surface area contributed by atoms with E-state index >= 15 is 0 Å². The van der Waals surface area contributed by atoms with E-state index in [4.69, 9.17) is 5.73 Å². The fourth-order valence-electron chi connectivity index (χ4n) is 1.92. The summed E-state index contributed by atoms with van der Waals surface area (Å²) in [6.07, 6.45) is -4.42. The molecular weight excluding hydrogens is 283 g/mol. The lowest BCUT2D eigenvalue weighted by atomic mass is 10.0. The molecule has 4 nitrogen and oxygen atoms in total. The quantitative estimate of drug-likeness (QED) is 0.945. The summed E-state index contributed by atoms with van der Waals surface area (Å²) in [6, 6.07) is 6.93. The first kappa shape index (κ1) is 15.2. The summed E-state index contributed by atoms with van der Waals surface area (Å²) < 4.78 is 39.2. The lowest BCUT2D eigenvalue weighted by Crippen LogP contribution is -2.28. The van der Waals surface area contributed by atoms with E-state index in [0.29, 0.717) is 11.3 Å². The van der Waals surface area contributed by atoms with Crippen molar-refractivity contribution in [2.45, 2.75) is 25.7 Å². The summed E-state index contributed by atoms with van der Waals surface area (Å²) >= 11 is 0. The van der Waals surface area contributed by atoms with Crippen molar-refractivity contribution in [2.75, 3.05) is 0 Å². The van der Waals surface area contributed by atoms with Crippen LogP contribution in [0.5, 0.6) is 0 Å². The van der Waals surface area contributed by atoms with Crippen molar-refractivity contribution < 1.29 is 13.2 Å². The zero-order valence-electron chi connectivity index (χ0n) is 11.3. The van der Waals surface area contributed by atoms with Crippen LogP contribution in [0.2, 0.25) is 0 Å². The summed E-state index contributed by atoms with van der Waals surface area (Å²) in [5, 5.41) is 4.01. The third-order valence-electron chi connectivity index (χ3n) is 3.01. The molecule has 2 aromatic rings. The molecule has 0 aliphatic heterocycles. The van der Waals surface area contributed by atoms with Gasteiger partial charge in [-0.1, -0.05) is 12.1 Å². The van der Waals surface area contributed by atoms with Crippen molar-refractivity contribution in [3.8, 4) is 0 Å². The molecule has 0 aliphatic carbocycles. The Morgan fingerprint density at radius 2 is 2.00 bits per heavy atom. The van der Waals surface area contributed by atoms with Gasteiger partial charge in [-0.15, -0.1) is 0 Å². The summed E-state index contributed by atoms with van der Waals surface area (Å²) in [6.45, 7) is 1.73. The van der Waals surface area contributed by atoms with E-state index in [1.54, 1.807) is 13.0 Å². The van der Waals surface area contributed by atoms with Gasteiger partial charge in [-0.3, -0.25) is 4.79 Å². The minimum atomic E-state index is -4.42. The number of rotatable bonds is 3. The van der Waals surface area contributed by atoms with E-state index in [9.17, 15) is 18.0 Å². The first-order chi connectivity index (χ1) is 9.77. The van der Waals surface area contributed by atoms with Crippen molar-refractivity contribution in [2.24, 2.45) is 5.73 Å². The second-order valence-electron chi connectivity index (χ2n) is 4.72. The van der Waals surface area contributed by atoms with Gasteiger partial charge in [-0.05, 0) is 30.7 Å². The maximum atomic E-state index is 12.7. The zero-order chi connectivity index (χ0) is 15.6. The minimum absolute atomic E-state index is 0.0157. The van der Waals surface area contributed by atoms with Crippen molar-refractivity contribution in [1.29, 1.82) is 0 Å². The van der Waals surface area contributed by atoms with E-state index in [2.05, 4.69) is 5.10 Å². The number of hydrogen-bond acceptors (Lipinski definition) is 3. The van der Waals surface area contributed by atoms with Crippen molar-refractivity contribution in [3.63, 3.8) is 0 Å². The fourth-order valence-corrected chi connectivity index (χ4v) is 1.92. The molecular formula is C14H14F3N3O. The molecule has 0 radical (unpaired) electrons. The standard InChI is InChI=1S/C14H14F3N3O/c1-9-5-6-13(21)20(19-9)8-12(18)10-3-2-4-11(7-10)14(15,16)17/h2-7,12H,8,18H2,1H3. The molecule has 0 spiro atoms. The number of aromatic nitrogens is 2. The highest BCUT2D eigenvalue weighted by atomic mass is 19.4. The predicted octanol–water partition coefficient (Wildman–Crippen LogP) is 2.27. The second kappa shape index (κ2) is 5.69. The maximum absolute atomic E-state index is 12.7. The first-order valence-corrected chi connectivity index (χ1v) is 6.25. The molecule has 1 atom stereocenters. The monoisotopic (exact) mass is 297 g/mol. The number of aryl methyl sites for hydroxylation is 1. The molecule has 0 aliphatic rings. The average Bonchev–Trinajstić information content (AvgIpc) is 2.42. The Bertz CT molecular complexity index is 694. The van der Waals surface area contributed by atoms with Crippen LogP contribution in [-0.2, 0) is 12.7 Å². The highest BCUT2D eigenvalue weighted by Crippen LogP contribution is 2.30. The van der Waals surface area contributed by atoms with Crippen molar-refractivity contribution in [1.82, 2.24) is 9.78 Å². The number of nitrogens with two attached hydrogens (primary N) is 1. The Kier molecular flexibility index (Phi) is 4.13. The molecule has 112 valence electrons. The largest absolute Gasteiger partial charge is 0.416 e. The molecule has 2 N–H and O–H groups in total. The molecule has 1 aromatic heterocycles. The molecule has 1 heterocycles. The van der Waals surface area contributed by atoms with Crippen LogP contribution in [0, 0.1) is 6.92 Å². The van der Waals surface area contributed by atoms with Gasteiger partial charge in [0.2, 0.25) is 0 Å². The van der Waals surface area contributed by atoms with E-state index in [1.807, 2.05) is 0 Å². The van der Waals surface area contributed by atoms with Gasteiger partial charge >= 0.3 is 6.18 Å². The highest BCUT2D eigenvalue weighted by Gasteiger charge is 2.30. The number of benzene rings is 1. The third kappa shape index (κ3) is 3.69. The van der Waals surface area contributed by atoms with Crippen LogP contribution in [0.15, 0.2) is 41.2 Å². The molecule has 2 rings (SSSR count). The van der Waals surface area contributed by atoms with Crippen molar-refractivity contribution in [3.05, 3.63) is 63.6 Å². The van der Waals surface area contributed by atoms with Gasteiger partial charge in [0.25, 0.3) is 5.56 Å². The van der Waals surface area contributed by atoms with Crippen LogP contribution >= 0.6 is 0 Å². The van der Waals surface area contributed by atoms with Gasteiger partial charge in [0.1, 0.15) is 0 Å². The van der Waals surface area contributed by atoms with E-state index in [-0.39, 0.29) is 12.1 Å². The van der Waals surface area contributed by atoms with E-state index in [1.165, 1.54) is 18.2 Å². The molecule has 7 heteroatoms.